The minimum atomic E-state index is -0.312. The van der Waals surface area contributed by atoms with Crippen LogP contribution in [0.25, 0.3) is 0 Å². The SMILES string of the molecule is CC(C)O.CC(C)O.[CH2-]C(=O)CC(C)=O.[CH2-]C(=O)CC(C)=O.[O]=[Ti+2]. The number of carbonyl (C=O) groups is 4. The van der Waals surface area contributed by atoms with Crippen molar-refractivity contribution in [2.24, 2.45) is 0 Å². The molecule has 0 aromatic rings. The monoisotopic (exact) mass is 382 g/mol. The van der Waals surface area contributed by atoms with Crippen LogP contribution in [0, 0.1) is 13.8 Å². The first-order valence-corrected chi connectivity index (χ1v) is 7.61. The summed E-state index contributed by atoms with van der Waals surface area (Å²) in [5.41, 5.74) is 0. The van der Waals surface area contributed by atoms with Gasteiger partial charge in [-0.15, -0.1) is 0 Å². The van der Waals surface area contributed by atoms with Gasteiger partial charge in [0.1, 0.15) is 11.6 Å². The number of ketones is 4. The molecule has 140 valence electrons. The summed E-state index contributed by atoms with van der Waals surface area (Å²) in [6, 6.07) is 0. The van der Waals surface area contributed by atoms with E-state index < -0.39 is 0 Å². The van der Waals surface area contributed by atoms with Crippen molar-refractivity contribution in [3.05, 3.63) is 13.8 Å². The maximum atomic E-state index is 9.99. The second kappa shape index (κ2) is 26.7. The summed E-state index contributed by atoms with van der Waals surface area (Å²) in [5.74, 6) is -0.875. The zero-order chi connectivity index (χ0) is 20.9. The molecule has 0 atom stereocenters. The average molecular weight is 382 g/mol. The number of aliphatic hydroxyl groups excluding tert-OH is 2. The van der Waals surface area contributed by atoms with Gasteiger partial charge >= 0.3 is 23.7 Å². The van der Waals surface area contributed by atoms with Crippen LogP contribution in [0.2, 0.25) is 0 Å². The zero-order valence-corrected chi connectivity index (χ0v) is 17.0. The minimum absolute atomic E-state index is 0.0278. The molecule has 0 amide bonds. The molecule has 0 fully saturated rings. The van der Waals surface area contributed by atoms with E-state index in [0.29, 0.717) is 0 Å². The Morgan fingerprint density at radius 2 is 0.875 bits per heavy atom. The molecule has 0 bridgehead atoms. The van der Waals surface area contributed by atoms with Gasteiger partial charge in [-0.1, -0.05) is 0 Å². The Hall–Kier alpha value is -1.15. The third kappa shape index (κ3) is 175. The van der Waals surface area contributed by atoms with E-state index in [2.05, 4.69) is 13.8 Å². The molecule has 0 unspecified atom stereocenters. The Morgan fingerprint density at radius 1 is 0.750 bits per heavy atom. The van der Waals surface area contributed by atoms with Crippen molar-refractivity contribution in [3.8, 4) is 0 Å². The van der Waals surface area contributed by atoms with Gasteiger partial charge in [0.2, 0.25) is 0 Å². The summed E-state index contributed by atoms with van der Waals surface area (Å²) in [6.07, 6.45) is -0.389. The molecule has 0 radical (unpaired) electrons. The van der Waals surface area contributed by atoms with Gasteiger partial charge in [-0.3, -0.25) is 9.59 Å². The summed E-state index contributed by atoms with van der Waals surface area (Å²) in [5, 5.41) is 16.1. The van der Waals surface area contributed by atoms with Crippen molar-refractivity contribution in [3.63, 3.8) is 0 Å². The predicted molar refractivity (Wildman–Crippen MR) is 86.7 cm³/mol. The molecule has 0 heterocycles. The first-order valence-electron chi connectivity index (χ1n) is 6.97. The quantitative estimate of drug-likeness (QED) is 0.427. The van der Waals surface area contributed by atoms with Crippen molar-refractivity contribution >= 4 is 23.1 Å². The molecule has 0 rings (SSSR count). The Morgan fingerprint density at radius 3 is 0.875 bits per heavy atom. The van der Waals surface area contributed by atoms with Gasteiger partial charge in [0.05, 0.1) is 0 Å². The zero-order valence-electron chi connectivity index (χ0n) is 15.4. The van der Waals surface area contributed by atoms with Gasteiger partial charge in [-0.25, -0.2) is 0 Å². The Bertz CT molecular complexity index is 278. The van der Waals surface area contributed by atoms with E-state index in [1.807, 2.05) is 0 Å². The average Bonchev–Trinajstić information content (AvgIpc) is 2.26. The molecule has 7 nitrogen and oxygen atoms in total. The van der Waals surface area contributed by atoms with Crippen molar-refractivity contribution in [2.45, 2.75) is 66.6 Å². The number of aliphatic hydroxyl groups is 2. The molecule has 0 spiro atoms. The van der Waals surface area contributed by atoms with Crippen molar-refractivity contribution in [2.75, 3.05) is 0 Å². The normalized spacial score (nSPS) is 8.00. The second-order valence-corrected chi connectivity index (χ2v) is 5.02. The van der Waals surface area contributed by atoms with Crippen LogP contribution in [0.15, 0.2) is 0 Å². The molecule has 0 saturated carbocycles. The molecule has 0 aliphatic carbocycles. The van der Waals surface area contributed by atoms with Crippen LogP contribution in [0.1, 0.15) is 54.4 Å². The van der Waals surface area contributed by atoms with E-state index >= 15 is 0 Å². The topological polar surface area (TPSA) is 126 Å². The van der Waals surface area contributed by atoms with E-state index in [-0.39, 0.29) is 48.2 Å². The maximum absolute atomic E-state index is 9.99. The Labute approximate surface area is 156 Å². The molecule has 0 saturated heterocycles. The molecule has 2 N–H and O–H groups in total. The molecular formula is C16H30O7Ti. The van der Waals surface area contributed by atoms with E-state index in [0.717, 1.165) is 20.4 Å². The number of hydrogen-bond acceptors (Lipinski definition) is 7. The Balaban J connectivity index is -0.0000000666. The first kappa shape index (κ1) is 34.2. The molecule has 0 aliphatic heterocycles. The number of rotatable bonds is 4. The van der Waals surface area contributed by atoms with Crippen molar-refractivity contribution in [1.82, 2.24) is 0 Å². The summed E-state index contributed by atoms with van der Waals surface area (Å²) < 4.78 is 8.25. The standard InChI is InChI=1S/2C5H7O2.2C3H8O.O.Ti/c2*1-4(6)3-5(2)7;2*1-3(2)4;;/h2*1,3H2,2H3;2*3-4H,1-2H3;;/q2*-1;;;;+2. The van der Waals surface area contributed by atoms with Gasteiger partial charge in [0.15, 0.2) is 0 Å². The van der Waals surface area contributed by atoms with E-state index in [1.54, 1.807) is 27.7 Å². The molecular weight excluding hydrogens is 352 g/mol. The van der Waals surface area contributed by atoms with Gasteiger partial charge < -0.3 is 33.6 Å². The molecule has 24 heavy (non-hydrogen) atoms. The number of Topliss-reactive ketones (excluding diaryl/α,β-unsaturated/α-hetero) is 4. The van der Waals surface area contributed by atoms with Crippen LogP contribution in [0.5, 0.6) is 0 Å². The van der Waals surface area contributed by atoms with Crippen LogP contribution in [0.4, 0.5) is 0 Å². The fourth-order valence-electron chi connectivity index (χ4n) is 0.555. The van der Waals surface area contributed by atoms with E-state index in [1.165, 1.54) is 13.8 Å². The van der Waals surface area contributed by atoms with E-state index in [9.17, 15) is 19.2 Å². The van der Waals surface area contributed by atoms with Crippen molar-refractivity contribution < 1.29 is 53.1 Å². The second-order valence-electron chi connectivity index (χ2n) is 5.02. The fraction of sp³-hybridized carbons (Fsp3) is 0.625. The van der Waals surface area contributed by atoms with Crippen molar-refractivity contribution in [1.29, 1.82) is 0 Å². The van der Waals surface area contributed by atoms with Gasteiger partial charge in [0, 0.05) is 36.6 Å². The van der Waals surface area contributed by atoms with Gasteiger partial charge in [-0.05, 0) is 41.5 Å². The first-order chi connectivity index (χ1) is 10.7. The third-order valence-corrected chi connectivity index (χ3v) is 0.892. The van der Waals surface area contributed by atoms with Crippen LogP contribution < -0.4 is 0 Å². The summed E-state index contributed by atoms with van der Waals surface area (Å²) >= 11 is 0.750. The summed E-state index contributed by atoms with van der Waals surface area (Å²) in [4.78, 5) is 39.8. The third-order valence-electron chi connectivity index (χ3n) is 0.892. The molecule has 0 aromatic heterocycles. The van der Waals surface area contributed by atoms with Crippen LogP contribution >= 0.6 is 0 Å². The van der Waals surface area contributed by atoms with Crippen LogP contribution in [-0.2, 0) is 42.9 Å². The van der Waals surface area contributed by atoms with E-state index in [4.69, 9.17) is 13.5 Å². The van der Waals surface area contributed by atoms with Crippen LogP contribution in [0.3, 0.4) is 0 Å². The summed E-state index contributed by atoms with van der Waals surface area (Å²) in [6.45, 7) is 15.7. The molecule has 0 aliphatic rings. The predicted octanol–water partition coefficient (Wildman–Crippen LogP) is 1.39. The van der Waals surface area contributed by atoms with Gasteiger partial charge in [-0.2, -0.15) is 0 Å². The summed E-state index contributed by atoms with van der Waals surface area (Å²) in [7, 11) is 0. The van der Waals surface area contributed by atoms with Crippen LogP contribution in [-0.4, -0.2) is 45.6 Å². The number of hydrogen-bond donors (Lipinski definition) is 2. The molecule has 0 aromatic carbocycles. The molecule has 8 heteroatoms. The van der Waals surface area contributed by atoms with Gasteiger partial charge in [0.25, 0.3) is 0 Å². The fourth-order valence-corrected chi connectivity index (χ4v) is 0.555. The number of carbonyl (C=O) groups excluding carboxylic acids is 4. The Kier molecular flexibility index (Phi) is 38.1.